The highest BCUT2D eigenvalue weighted by Crippen LogP contribution is 2.24. The standard InChI is InChI=1S/C22H21N7O/c30-22(24-18-7-4-12-23-15-18)17-10-13-28(14-11-17)20-9-8-19-25-26-21(29(19)27-20)16-5-2-1-3-6-16/h1-9,12,15,17H,10-11,13-14H2,(H,24,30). The van der Waals surface area contributed by atoms with E-state index in [1.807, 2.05) is 54.6 Å². The first-order valence-corrected chi connectivity index (χ1v) is 10.0. The normalized spacial score (nSPS) is 14.7. The summed E-state index contributed by atoms with van der Waals surface area (Å²) in [4.78, 5) is 18.8. The van der Waals surface area contributed by atoms with Crippen LogP contribution >= 0.6 is 0 Å². The van der Waals surface area contributed by atoms with Gasteiger partial charge in [0.1, 0.15) is 5.82 Å². The first-order chi connectivity index (χ1) is 14.8. The van der Waals surface area contributed by atoms with Crippen LogP contribution in [0.25, 0.3) is 17.0 Å². The van der Waals surface area contributed by atoms with Crippen LogP contribution in [0.4, 0.5) is 11.5 Å². The van der Waals surface area contributed by atoms with Gasteiger partial charge in [0.05, 0.1) is 11.9 Å². The molecular weight excluding hydrogens is 378 g/mol. The van der Waals surface area contributed by atoms with Crippen LogP contribution in [-0.2, 0) is 4.79 Å². The highest BCUT2D eigenvalue weighted by molar-refractivity contribution is 5.92. The second kappa shape index (κ2) is 7.90. The Balaban J connectivity index is 1.30. The zero-order valence-electron chi connectivity index (χ0n) is 16.3. The molecule has 0 aliphatic carbocycles. The summed E-state index contributed by atoms with van der Waals surface area (Å²) in [5.74, 6) is 1.62. The number of piperidine rings is 1. The van der Waals surface area contributed by atoms with E-state index in [9.17, 15) is 4.79 Å². The van der Waals surface area contributed by atoms with Crippen molar-refractivity contribution in [2.45, 2.75) is 12.8 Å². The minimum Gasteiger partial charge on any atom is -0.355 e. The number of nitrogens with one attached hydrogen (secondary N) is 1. The van der Waals surface area contributed by atoms with Crippen LogP contribution in [0.2, 0.25) is 0 Å². The van der Waals surface area contributed by atoms with Crippen molar-refractivity contribution >= 4 is 23.1 Å². The number of aromatic nitrogens is 5. The molecule has 1 fully saturated rings. The molecule has 1 aromatic carbocycles. The Bertz CT molecular complexity index is 1150. The maximum absolute atomic E-state index is 12.6. The Hall–Kier alpha value is -3.81. The largest absolute Gasteiger partial charge is 0.355 e. The van der Waals surface area contributed by atoms with Crippen molar-refractivity contribution in [2.75, 3.05) is 23.3 Å². The number of nitrogens with zero attached hydrogens (tertiary/aromatic N) is 6. The number of carbonyl (C=O) groups is 1. The first-order valence-electron chi connectivity index (χ1n) is 10.0. The third kappa shape index (κ3) is 3.59. The van der Waals surface area contributed by atoms with E-state index >= 15 is 0 Å². The molecule has 0 spiro atoms. The monoisotopic (exact) mass is 399 g/mol. The van der Waals surface area contributed by atoms with Crippen LogP contribution in [0.3, 0.4) is 0 Å². The Morgan fingerprint density at radius 1 is 0.967 bits per heavy atom. The fourth-order valence-corrected chi connectivity index (χ4v) is 3.77. The lowest BCUT2D eigenvalue weighted by molar-refractivity contribution is -0.120. The van der Waals surface area contributed by atoms with Gasteiger partial charge >= 0.3 is 0 Å². The fourth-order valence-electron chi connectivity index (χ4n) is 3.77. The number of fused-ring (bicyclic) bond motifs is 1. The van der Waals surface area contributed by atoms with Gasteiger partial charge in [0.25, 0.3) is 0 Å². The first kappa shape index (κ1) is 18.2. The average Bonchev–Trinajstić information content (AvgIpc) is 3.24. The molecule has 150 valence electrons. The van der Waals surface area contributed by atoms with Crippen molar-refractivity contribution in [1.29, 1.82) is 0 Å². The smallest absolute Gasteiger partial charge is 0.227 e. The molecule has 4 aromatic rings. The van der Waals surface area contributed by atoms with Gasteiger partial charge in [-0.25, -0.2) is 0 Å². The molecule has 30 heavy (non-hydrogen) atoms. The van der Waals surface area contributed by atoms with Crippen molar-refractivity contribution in [3.05, 3.63) is 67.0 Å². The van der Waals surface area contributed by atoms with Gasteiger partial charge < -0.3 is 10.2 Å². The molecule has 1 N–H and O–H groups in total. The Morgan fingerprint density at radius 2 is 1.80 bits per heavy atom. The summed E-state index contributed by atoms with van der Waals surface area (Å²) in [6.07, 6.45) is 4.91. The molecule has 0 unspecified atom stereocenters. The van der Waals surface area contributed by atoms with Gasteiger partial charge in [0.2, 0.25) is 5.91 Å². The van der Waals surface area contributed by atoms with E-state index in [0.717, 1.165) is 48.8 Å². The second-order valence-corrected chi connectivity index (χ2v) is 7.34. The lowest BCUT2D eigenvalue weighted by Gasteiger charge is -2.32. The number of rotatable bonds is 4. The van der Waals surface area contributed by atoms with E-state index in [1.54, 1.807) is 16.9 Å². The number of hydrogen-bond donors (Lipinski definition) is 1. The number of anilines is 2. The minimum absolute atomic E-state index is 0.0139. The number of carbonyl (C=O) groups excluding carboxylic acids is 1. The fraction of sp³-hybridized carbons (Fsp3) is 0.227. The quantitative estimate of drug-likeness (QED) is 0.567. The molecule has 0 atom stereocenters. The predicted octanol–water partition coefficient (Wildman–Crippen LogP) is 3.04. The van der Waals surface area contributed by atoms with E-state index in [4.69, 9.17) is 5.10 Å². The lowest BCUT2D eigenvalue weighted by Crippen LogP contribution is -2.38. The third-order valence-corrected chi connectivity index (χ3v) is 5.40. The maximum Gasteiger partial charge on any atom is 0.227 e. The van der Waals surface area contributed by atoms with Gasteiger partial charge in [-0.2, -0.15) is 4.52 Å². The molecule has 1 aliphatic heterocycles. The average molecular weight is 399 g/mol. The highest BCUT2D eigenvalue weighted by atomic mass is 16.1. The summed E-state index contributed by atoms with van der Waals surface area (Å²) in [5.41, 5.74) is 2.42. The van der Waals surface area contributed by atoms with Crippen molar-refractivity contribution in [3.8, 4) is 11.4 Å². The molecule has 8 heteroatoms. The van der Waals surface area contributed by atoms with E-state index < -0.39 is 0 Å². The maximum atomic E-state index is 12.6. The summed E-state index contributed by atoms with van der Waals surface area (Å²) in [6.45, 7) is 1.54. The van der Waals surface area contributed by atoms with Crippen LogP contribution in [0.5, 0.6) is 0 Å². The SMILES string of the molecule is O=C(Nc1cccnc1)C1CCN(c2ccc3nnc(-c4ccccc4)n3n2)CC1. The van der Waals surface area contributed by atoms with Gasteiger partial charge in [-0.1, -0.05) is 30.3 Å². The van der Waals surface area contributed by atoms with Crippen LogP contribution in [0.15, 0.2) is 67.0 Å². The number of pyridine rings is 1. The summed E-state index contributed by atoms with van der Waals surface area (Å²) < 4.78 is 1.78. The molecule has 1 aliphatic rings. The molecule has 5 rings (SSSR count). The molecule has 0 bridgehead atoms. The van der Waals surface area contributed by atoms with Gasteiger partial charge in [-0.05, 0) is 37.1 Å². The molecule has 1 saturated heterocycles. The molecule has 4 heterocycles. The summed E-state index contributed by atoms with van der Waals surface area (Å²) in [6, 6.07) is 17.5. The Morgan fingerprint density at radius 3 is 2.57 bits per heavy atom. The Labute approximate surface area is 173 Å². The zero-order chi connectivity index (χ0) is 20.3. The van der Waals surface area contributed by atoms with Gasteiger partial charge in [-0.3, -0.25) is 9.78 Å². The van der Waals surface area contributed by atoms with Crippen molar-refractivity contribution in [1.82, 2.24) is 24.8 Å². The van der Waals surface area contributed by atoms with Gasteiger partial charge in [0, 0.05) is 30.8 Å². The Kier molecular flexibility index (Phi) is 4.80. The van der Waals surface area contributed by atoms with E-state index in [-0.39, 0.29) is 11.8 Å². The number of hydrogen-bond acceptors (Lipinski definition) is 6. The molecule has 0 radical (unpaired) electrons. The molecule has 3 aromatic heterocycles. The van der Waals surface area contributed by atoms with Crippen LogP contribution in [-0.4, -0.2) is 43.8 Å². The van der Waals surface area contributed by atoms with Gasteiger partial charge in [-0.15, -0.1) is 15.3 Å². The van der Waals surface area contributed by atoms with Crippen LogP contribution in [0.1, 0.15) is 12.8 Å². The molecule has 0 saturated carbocycles. The van der Waals surface area contributed by atoms with E-state index in [1.165, 1.54) is 0 Å². The molecule has 8 nitrogen and oxygen atoms in total. The zero-order valence-corrected chi connectivity index (χ0v) is 16.3. The topological polar surface area (TPSA) is 88.3 Å². The lowest BCUT2D eigenvalue weighted by atomic mass is 9.96. The van der Waals surface area contributed by atoms with E-state index in [0.29, 0.717) is 5.65 Å². The molecular formula is C22H21N7O. The summed E-state index contributed by atoms with van der Waals surface area (Å²) in [5, 5.41) is 16.3. The van der Waals surface area contributed by atoms with Crippen LogP contribution in [0, 0.1) is 5.92 Å². The predicted molar refractivity (Wildman–Crippen MR) is 114 cm³/mol. The summed E-state index contributed by atoms with van der Waals surface area (Å²) in [7, 11) is 0. The third-order valence-electron chi connectivity index (χ3n) is 5.40. The van der Waals surface area contributed by atoms with Crippen molar-refractivity contribution in [2.24, 2.45) is 5.92 Å². The molecule has 1 amide bonds. The van der Waals surface area contributed by atoms with Gasteiger partial charge in [0.15, 0.2) is 11.5 Å². The highest BCUT2D eigenvalue weighted by Gasteiger charge is 2.26. The number of benzene rings is 1. The van der Waals surface area contributed by atoms with Crippen LogP contribution < -0.4 is 10.2 Å². The van der Waals surface area contributed by atoms with Crippen molar-refractivity contribution in [3.63, 3.8) is 0 Å². The number of amides is 1. The minimum atomic E-state index is -0.0139. The second-order valence-electron chi connectivity index (χ2n) is 7.34. The van der Waals surface area contributed by atoms with Crippen molar-refractivity contribution < 1.29 is 4.79 Å². The van der Waals surface area contributed by atoms with E-state index in [2.05, 4.69) is 25.4 Å². The summed E-state index contributed by atoms with van der Waals surface area (Å²) >= 11 is 0.